The molecule has 2 aromatic rings. The summed E-state index contributed by atoms with van der Waals surface area (Å²) in [5, 5.41) is 6.94. The summed E-state index contributed by atoms with van der Waals surface area (Å²) in [5.41, 5.74) is 2.45. The topological polar surface area (TPSA) is 61.4 Å². The number of aryl methyl sites for hydroxylation is 1. The third-order valence-corrected chi connectivity index (χ3v) is 4.98. The van der Waals surface area contributed by atoms with Gasteiger partial charge < -0.3 is 10.6 Å². The van der Waals surface area contributed by atoms with Gasteiger partial charge in [-0.1, -0.05) is 54.4 Å². The maximum absolute atomic E-state index is 12.4. The fourth-order valence-electron chi connectivity index (χ4n) is 2.80. The fraction of sp³-hybridized carbons (Fsp3) is 0.333. The molecule has 2 aromatic carbocycles. The van der Waals surface area contributed by atoms with Gasteiger partial charge in [0.1, 0.15) is 0 Å². The van der Waals surface area contributed by atoms with Gasteiger partial charge >= 0.3 is 0 Å². The van der Waals surface area contributed by atoms with Gasteiger partial charge in [-0.25, -0.2) is 0 Å². The molecule has 150 valence electrons. The van der Waals surface area contributed by atoms with E-state index in [0.29, 0.717) is 22.3 Å². The van der Waals surface area contributed by atoms with Crippen molar-refractivity contribution in [2.45, 2.75) is 26.8 Å². The molecule has 2 rings (SSSR count). The highest BCUT2D eigenvalue weighted by Crippen LogP contribution is 2.22. The molecule has 7 heteroatoms. The predicted octanol–water partition coefficient (Wildman–Crippen LogP) is 4.44. The average Bonchev–Trinajstić information content (AvgIpc) is 2.64. The number of likely N-dealkylation sites (N-methyl/N-ethyl adjacent to an activating group) is 1. The summed E-state index contributed by atoms with van der Waals surface area (Å²) in [7, 11) is 0. The van der Waals surface area contributed by atoms with Gasteiger partial charge in [-0.15, -0.1) is 0 Å². The number of benzene rings is 2. The van der Waals surface area contributed by atoms with Crippen molar-refractivity contribution in [1.29, 1.82) is 0 Å². The highest BCUT2D eigenvalue weighted by molar-refractivity contribution is 6.31. The number of anilines is 1. The lowest BCUT2D eigenvalue weighted by molar-refractivity contribution is -0.123. The van der Waals surface area contributed by atoms with Crippen molar-refractivity contribution in [2.75, 3.05) is 25.0 Å². The van der Waals surface area contributed by atoms with Crippen LogP contribution in [-0.2, 0) is 9.59 Å². The minimum absolute atomic E-state index is 0.107. The Bertz CT molecular complexity index is 842. The molecule has 0 aliphatic rings. The SMILES string of the molecule is CCN(CC(=O)Nc1cc(Cl)ccc1C)CC(=O)N[C@@H](C)c1ccccc1Cl. The molecule has 0 unspecified atom stereocenters. The highest BCUT2D eigenvalue weighted by atomic mass is 35.5. The Morgan fingerprint density at radius 3 is 2.43 bits per heavy atom. The normalized spacial score (nSPS) is 11.9. The van der Waals surface area contributed by atoms with Crippen LogP contribution in [0.2, 0.25) is 10.0 Å². The largest absolute Gasteiger partial charge is 0.348 e. The Hall–Kier alpha value is -2.08. The summed E-state index contributed by atoms with van der Waals surface area (Å²) in [6, 6.07) is 12.5. The molecular weight excluding hydrogens is 397 g/mol. The quantitative estimate of drug-likeness (QED) is 0.661. The van der Waals surface area contributed by atoms with Gasteiger partial charge in [-0.05, 0) is 49.7 Å². The van der Waals surface area contributed by atoms with Crippen LogP contribution in [0.3, 0.4) is 0 Å². The van der Waals surface area contributed by atoms with Crippen LogP contribution >= 0.6 is 23.2 Å². The first-order chi connectivity index (χ1) is 13.3. The number of nitrogens with one attached hydrogen (secondary N) is 2. The summed E-state index contributed by atoms with van der Waals surface area (Å²) >= 11 is 12.2. The summed E-state index contributed by atoms with van der Waals surface area (Å²) in [6.07, 6.45) is 0. The van der Waals surface area contributed by atoms with E-state index in [-0.39, 0.29) is 30.9 Å². The molecule has 0 fully saturated rings. The standard InChI is InChI=1S/C21H25Cl2N3O2/c1-4-26(13-21(28)25-19-11-16(22)10-9-14(19)2)12-20(27)24-15(3)17-7-5-6-8-18(17)23/h5-11,15H,4,12-13H2,1-3H3,(H,24,27)(H,25,28)/t15-/m0/s1. The summed E-state index contributed by atoms with van der Waals surface area (Å²) in [4.78, 5) is 26.5. The molecule has 2 N–H and O–H groups in total. The van der Waals surface area contributed by atoms with Crippen molar-refractivity contribution in [1.82, 2.24) is 10.2 Å². The lowest BCUT2D eigenvalue weighted by atomic mass is 10.1. The van der Waals surface area contributed by atoms with E-state index in [0.717, 1.165) is 11.1 Å². The molecule has 0 aromatic heterocycles. The van der Waals surface area contributed by atoms with Crippen molar-refractivity contribution in [2.24, 2.45) is 0 Å². The zero-order valence-electron chi connectivity index (χ0n) is 16.3. The zero-order chi connectivity index (χ0) is 20.7. The molecule has 0 saturated carbocycles. The minimum Gasteiger partial charge on any atom is -0.348 e. The molecule has 0 aliphatic heterocycles. The monoisotopic (exact) mass is 421 g/mol. The molecule has 0 radical (unpaired) electrons. The van der Waals surface area contributed by atoms with E-state index in [1.165, 1.54) is 0 Å². The van der Waals surface area contributed by atoms with Gasteiger partial charge in [-0.2, -0.15) is 0 Å². The van der Waals surface area contributed by atoms with E-state index in [2.05, 4.69) is 10.6 Å². The van der Waals surface area contributed by atoms with Crippen LogP contribution in [0.5, 0.6) is 0 Å². The number of carbonyl (C=O) groups is 2. The number of amides is 2. The van der Waals surface area contributed by atoms with Crippen LogP contribution in [0, 0.1) is 6.92 Å². The molecule has 0 heterocycles. The van der Waals surface area contributed by atoms with Crippen LogP contribution < -0.4 is 10.6 Å². The van der Waals surface area contributed by atoms with Gasteiger partial charge in [0.25, 0.3) is 0 Å². The summed E-state index contributed by atoms with van der Waals surface area (Å²) in [5.74, 6) is -0.361. The lowest BCUT2D eigenvalue weighted by Crippen LogP contribution is -2.41. The van der Waals surface area contributed by atoms with Gasteiger partial charge in [0.15, 0.2) is 0 Å². The first-order valence-corrected chi connectivity index (χ1v) is 9.88. The molecule has 0 saturated heterocycles. The van der Waals surface area contributed by atoms with Crippen LogP contribution in [0.1, 0.15) is 31.0 Å². The Kier molecular flexibility index (Phi) is 8.30. The Morgan fingerprint density at radius 2 is 1.75 bits per heavy atom. The van der Waals surface area contributed by atoms with Crippen molar-refractivity contribution in [3.05, 3.63) is 63.6 Å². The van der Waals surface area contributed by atoms with E-state index in [9.17, 15) is 9.59 Å². The van der Waals surface area contributed by atoms with E-state index in [1.807, 2.05) is 45.0 Å². The number of nitrogens with zero attached hydrogens (tertiary/aromatic N) is 1. The molecule has 28 heavy (non-hydrogen) atoms. The molecule has 0 spiro atoms. The Morgan fingerprint density at radius 1 is 1.07 bits per heavy atom. The van der Waals surface area contributed by atoms with Gasteiger partial charge in [-0.3, -0.25) is 14.5 Å². The van der Waals surface area contributed by atoms with Crippen molar-refractivity contribution >= 4 is 40.7 Å². The number of carbonyl (C=O) groups excluding carboxylic acids is 2. The first-order valence-electron chi connectivity index (χ1n) is 9.12. The summed E-state index contributed by atoms with van der Waals surface area (Å²) in [6.45, 7) is 6.47. The van der Waals surface area contributed by atoms with E-state index < -0.39 is 0 Å². The second kappa shape index (κ2) is 10.5. The molecule has 0 bridgehead atoms. The number of hydrogen-bond donors (Lipinski definition) is 2. The highest BCUT2D eigenvalue weighted by Gasteiger charge is 2.17. The second-order valence-corrected chi connectivity index (χ2v) is 7.47. The van der Waals surface area contributed by atoms with Crippen molar-refractivity contribution < 1.29 is 9.59 Å². The first kappa shape index (κ1) is 22.2. The molecule has 0 aliphatic carbocycles. The van der Waals surface area contributed by atoms with E-state index in [1.54, 1.807) is 23.1 Å². The van der Waals surface area contributed by atoms with E-state index >= 15 is 0 Å². The second-order valence-electron chi connectivity index (χ2n) is 6.62. The van der Waals surface area contributed by atoms with Gasteiger partial charge in [0.05, 0.1) is 19.1 Å². The number of rotatable bonds is 8. The van der Waals surface area contributed by atoms with Crippen LogP contribution in [0.25, 0.3) is 0 Å². The fourth-order valence-corrected chi connectivity index (χ4v) is 3.27. The molecule has 2 amide bonds. The van der Waals surface area contributed by atoms with Crippen molar-refractivity contribution in [3.8, 4) is 0 Å². The predicted molar refractivity (Wildman–Crippen MR) is 115 cm³/mol. The smallest absolute Gasteiger partial charge is 0.238 e. The maximum Gasteiger partial charge on any atom is 0.238 e. The van der Waals surface area contributed by atoms with Crippen molar-refractivity contribution in [3.63, 3.8) is 0 Å². The molecule has 5 nitrogen and oxygen atoms in total. The van der Waals surface area contributed by atoms with Crippen LogP contribution in [0.4, 0.5) is 5.69 Å². The Labute approximate surface area is 176 Å². The van der Waals surface area contributed by atoms with Gasteiger partial charge in [0, 0.05) is 15.7 Å². The molecular formula is C21H25Cl2N3O2. The van der Waals surface area contributed by atoms with E-state index in [4.69, 9.17) is 23.2 Å². The summed E-state index contributed by atoms with van der Waals surface area (Å²) < 4.78 is 0. The van der Waals surface area contributed by atoms with Gasteiger partial charge in [0.2, 0.25) is 11.8 Å². The Balaban J connectivity index is 1.90. The lowest BCUT2D eigenvalue weighted by Gasteiger charge is -2.22. The zero-order valence-corrected chi connectivity index (χ0v) is 17.8. The number of halogens is 2. The van der Waals surface area contributed by atoms with Crippen LogP contribution in [-0.4, -0.2) is 36.3 Å². The molecule has 1 atom stereocenters. The minimum atomic E-state index is -0.220. The maximum atomic E-state index is 12.4. The third kappa shape index (κ3) is 6.51. The van der Waals surface area contributed by atoms with Crippen LogP contribution in [0.15, 0.2) is 42.5 Å². The third-order valence-electron chi connectivity index (χ3n) is 4.40. The average molecular weight is 422 g/mol. The number of hydrogen-bond acceptors (Lipinski definition) is 3.